The molecule has 0 amide bonds. The molecular weight excluding hydrogens is 164 g/mol. The third-order valence-corrected chi connectivity index (χ3v) is 2.10. The van der Waals surface area contributed by atoms with Crippen molar-refractivity contribution in [2.24, 2.45) is 0 Å². The third-order valence-electron chi connectivity index (χ3n) is 2.10. The minimum Gasteiger partial charge on any atom is -0.444 e. The van der Waals surface area contributed by atoms with Gasteiger partial charge in [0, 0.05) is 23.2 Å². The van der Waals surface area contributed by atoms with Crippen molar-refractivity contribution in [1.29, 1.82) is 0 Å². The average Bonchev–Trinajstić information content (AvgIpc) is 2.65. The summed E-state index contributed by atoms with van der Waals surface area (Å²) in [4.78, 5) is 8.11. The van der Waals surface area contributed by atoms with Gasteiger partial charge >= 0.3 is 0 Å². The van der Waals surface area contributed by atoms with Crippen LogP contribution in [0.1, 0.15) is 0 Å². The minimum absolute atomic E-state index is 0.852. The second-order valence-corrected chi connectivity index (χ2v) is 2.86. The normalized spacial score (nSPS) is 11.1. The zero-order valence-corrected chi connectivity index (χ0v) is 6.77. The van der Waals surface area contributed by atoms with Crippen LogP contribution >= 0.6 is 0 Å². The van der Waals surface area contributed by atoms with E-state index < -0.39 is 0 Å². The smallest absolute Gasteiger partial charge is 0.181 e. The van der Waals surface area contributed by atoms with E-state index in [0.29, 0.717) is 0 Å². The SMILES string of the molecule is c1cc2c(ccc3cncoc32)n1. The summed E-state index contributed by atoms with van der Waals surface area (Å²) in [5.74, 6) is 0. The molecule has 0 aliphatic carbocycles. The maximum atomic E-state index is 5.33. The zero-order chi connectivity index (χ0) is 8.67. The molecule has 0 radical (unpaired) electrons. The number of fused-ring (bicyclic) bond motifs is 3. The van der Waals surface area contributed by atoms with E-state index in [0.717, 1.165) is 21.9 Å². The molecule has 13 heavy (non-hydrogen) atoms. The van der Waals surface area contributed by atoms with E-state index >= 15 is 0 Å². The molecule has 0 N–H and O–H groups in total. The van der Waals surface area contributed by atoms with Crippen molar-refractivity contribution in [2.75, 3.05) is 0 Å². The van der Waals surface area contributed by atoms with Crippen molar-refractivity contribution in [3.8, 4) is 0 Å². The van der Waals surface area contributed by atoms with Gasteiger partial charge in [-0.2, -0.15) is 0 Å². The monoisotopic (exact) mass is 170 g/mol. The van der Waals surface area contributed by atoms with Crippen LogP contribution in [0.25, 0.3) is 21.9 Å². The number of rotatable bonds is 0. The molecule has 1 aromatic carbocycles. The predicted molar refractivity (Wildman–Crippen MR) is 49.3 cm³/mol. The van der Waals surface area contributed by atoms with E-state index in [1.807, 2.05) is 18.2 Å². The molecule has 0 spiro atoms. The van der Waals surface area contributed by atoms with E-state index in [1.54, 1.807) is 12.4 Å². The fourth-order valence-corrected chi connectivity index (χ4v) is 1.50. The van der Waals surface area contributed by atoms with Gasteiger partial charge in [-0.15, -0.1) is 0 Å². The summed E-state index contributed by atoms with van der Waals surface area (Å²) in [6, 6.07) is 5.87. The van der Waals surface area contributed by atoms with Crippen LogP contribution in [-0.2, 0) is 0 Å². The standard InChI is InChI=1S/C10H6N2O/c1-2-9-8(3-4-12-9)10-7(1)5-11-6-13-10/h1-6H. The summed E-state index contributed by atoms with van der Waals surface area (Å²) in [7, 11) is 0. The first-order chi connectivity index (χ1) is 6.45. The number of hydrogen-bond acceptors (Lipinski definition) is 3. The van der Waals surface area contributed by atoms with Crippen LogP contribution in [0, 0.1) is 0 Å². The molecule has 0 saturated heterocycles. The molecule has 0 unspecified atom stereocenters. The van der Waals surface area contributed by atoms with Gasteiger partial charge in [0.2, 0.25) is 0 Å². The Hall–Kier alpha value is -1.90. The molecule has 2 aromatic heterocycles. The van der Waals surface area contributed by atoms with E-state index in [1.165, 1.54) is 6.39 Å². The van der Waals surface area contributed by atoms with Crippen molar-refractivity contribution in [3.05, 3.63) is 37.0 Å². The summed E-state index contributed by atoms with van der Waals surface area (Å²) in [6.45, 7) is 0. The Kier molecular flexibility index (Phi) is 1.16. The highest BCUT2D eigenvalue weighted by Crippen LogP contribution is 2.22. The van der Waals surface area contributed by atoms with Crippen molar-refractivity contribution in [1.82, 2.24) is 9.97 Å². The maximum Gasteiger partial charge on any atom is 0.181 e. The Labute approximate surface area is 74.0 Å². The van der Waals surface area contributed by atoms with Crippen LogP contribution < -0.4 is 0 Å². The van der Waals surface area contributed by atoms with Gasteiger partial charge in [-0.3, -0.25) is 4.98 Å². The lowest BCUT2D eigenvalue weighted by molar-refractivity contribution is 0.583. The summed E-state index contributed by atoms with van der Waals surface area (Å²) >= 11 is 0. The Balaban J connectivity index is 2.65. The second kappa shape index (κ2) is 2.29. The molecular formula is C10H6N2O. The molecule has 2 heterocycles. The van der Waals surface area contributed by atoms with E-state index in [4.69, 9.17) is 4.42 Å². The first kappa shape index (κ1) is 6.60. The molecule has 0 fully saturated rings. The van der Waals surface area contributed by atoms with Gasteiger partial charge < -0.3 is 4.42 Å². The lowest BCUT2D eigenvalue weighted by atomic mass is 10.2. The van der Waals surface area contributed by atoms with Gasteiger partial charge in [0.1, 0.15) is 5.58 Å². The van der Waals surface area contributed by atoms with E-state index in [9.17, 15) is 0 Å². The highest BCUT2D eigenvalue weighted by Gasteiger charge is 2.02. The average molecular weight is 170 g/mol. The van der Waals surface area contributed by atoms with Gasteiger partial charge in [0.15, 0.2) is 6.39 Å². The quantitative estimate of drug-likeness (QED) is 0.520. The largest absolute Gasteiger partial charge is 0.444 e. The number of aromatic nitrogens is 2. The molecule has 0 aliphatic heterocycles. The maximum absolute atomic E-state index is 5.33. The van der Waals surface area contributed by atoms with Gasteiger partial charge in [-0.25, -0.2) is 4.98 Å². The van der Waals surface area contributed by atoms with E-state index in [2.05, 4.69) is 9.97 Å². The van der Waals surface area contributed by atoms with Crippen molar-refractivity contribution >= 4 is 21.9 Å². The van der Waals surface area contributed by atoms with Crippen LogP contribution in [0.2, 0.25) is 0 Å². The fourth-order valence-electron chi connectivity index (χ4n) is 1.50. The highest BCUT2D eigenvalue weighted by atomic mass is 16.3. The van der Waals surface area contributed by atoms with Gasteiger partial charge in [-0.1, -0.05) is 0 Å². The molecule has 62 valence electrons. The zero-order valence-electron chi connectivity index (χ0n) is 6.77. The Morgan fingerprint density at radius 3 is 3.15 bits per heavy atom. The summed E-state index contributed by atoms with van der Waals surface area (Å²) < 4.78 is 5.33. The second-order valence-electron chi connectivity index (χ2n) is 2.86. The third kappa shape index (κ3) is 0.839. The first-order valence-electron chi connectivity index (χ1n) is 4.01. The summed E-state index contributed by atoms with van der Waals surface area (Å²) in [6.07, 6.45) is 5.00. The Bertz CT molecular complexity index is 571. The van der Waals surface area contributed by atoms with Crippen molar-refractivity contribution < 1.29 is 4.42 Å². The Morgan fingerprint density at radius 2 is 2.15 bits per heavy atom. The molecule has 3 rings (SSSR count). The van der Waals surface area contributed by atoms with Crippen molar-refractivity contribution in [2.45, 2.75) is 0 Å². The number of hydrogen-bond donors (Lipinski definition) is 0. The molecule has 0 aliphatic rings. The Morgan fingerprint density at radius 1 is 1.15 bits per heavy atom. The van der Waals surface area contributed by atoms with Crippen molar-refractivity contribution in [3.63, 3.8) is 0 Å². The molecule has 0 atom stereocenters. The van der Waals surface area contributed by atoms with E-state index in [-0.39, 0.29) is 0 Å². The molecule has 0 saturated carbocycles. The fraction of sp³-hybridized carbons (Fsp3) is 0. The first-order valence-corrected chi connectivity index (χ1v) is 4.01. The van der Waals surface area contributed by atoms with Crippen LogP contribution in [0.5, 0.6) is 0 Å². The van der Waals surface area contributed by atoms with Crippen LogP contribution in [0.15, 0.2) is 41.4 Å². The lowest BCUT2D eigenvalue weighted by Gasteiger charge is -1.95. The summed E-state index contributed by atoms with van der Waals surface area (Å²) in [5.41, 5.74) is 1.81. The minimum atomic E-state index is 0.852. The molecule has 3 aromatic rings. The predicted octanol–water partition coefficient (Wildman–Crippen LogP) is 2.38. The van der Waals surface area contributed by atoms with Crippen LogP contribution in [-0.4, -0.2) is 9.97 Å². The van der Waals surface area contributed by atoms with Gasteiger partial charge in [-0.05, 0) is 18.2 Å². The number of benzene rings is 1. The van der Waals surface area contributed by atoms with Crippen LogP contribution in [0.3, 0.4) is 0 Å². The summed E-state index contributed by atoms with van der Waals surface area (Å²) in [5, 5.41) is 2.04. The molecule has 3 nitrogen and oxygen atoms in total. The number of nitrogens with zero attached hydrogens (tertiary/aromatic N) is 2. The molecule has 0 bridgehead atoms. The highest BCUT2D eigenvalue weighted by molar-refractivity contribution is 6.02. The van der Waals surface area contributed by atoms with Crippen LogP contribution in [0.4, 0.5) is 0 Å². The van der Waals surface area contributed by atoms with Gasteiger partial charge in [0.25, 0.3) is 0 Å². The lowest BCUT2D eigenvalue weighted by Crippen LogP contribution is -1.75. The van der Waals surface area contributed by atoms with Gasteiger partial charge in [0.05, 0.1) is 5.52 Å². The topological polar surface area (TPSA) is 38.9 Å². The molecule has 3 heteroatoms.